The first-order valence-electron chi connectivity index (χ1n) is 41.5. The fraction of sp³-hybridized carbons (Fsp3) is 0.443. The third-order valence-electron chi connectivity index (χ3n) is 14.4. The largest absolute Gasteiger partial charge is 1.00 e. The summed E-state index contributed by atoms with van der Waals surface area (Å²) in [6.45, 7) is 31.7. The van der Waals surface area contributed by atoms with Crippen LogP contribution in [0.1, 0.15) is 200 Å². The molecule has 0 aliphatic heterocycles. The summed E-state index contributed by atoms with van der Waals surface area (Å²) in [5.74, 6) is -1.27. The minimum atomic E-state index is -1.00. The standard InChI is InChI=1S/C23H27FN4O5.C15H22FNO4.C15H20FNO4.C8H6ClN3O.C8H7FO2.C7H14ClNO2.CH3F.CH4O.CH4.B7H9.B7H6.B7H3.B7.B.Na.H/c1-14(29)18-13-26-20-8-9-21(27-28(18)20)32-15(2)17-12-16(24)6-7-19(17)31-11-10-25-22(30)33-23(3,4)5;2*1-10(18)12-9-11(16)5-6-13(12)20-8-7-17-14(19)21-15(2,3)4;1-5(13)6-4-10-8-3-2-7(9)11-12(6)8;1-5(10)7-4-6(9)2-3-8(7)11;1-7(2,3)11-6(10)9-5-4-8;2*1-2;;4*1-5-7(4)6(2)3;;;/h6-9,12-13,15H,10-11H2,1-5H3,(H,25,30);5-6,9-10,18H,7-8H2,1-4H3,(H,17,19);5-6,9H,7-8H2,1-4H3,(H,17,19);2-4H,1H3;2-4,11H,1H3;4-5H2,1-3H3,(H,9,10);1H3;2H,1H3;1H4;1-3H3;1-2H3;1H3;;;;/q;;;;;;;;;-3;-2;-1;;;+1;-1/i;;;;;;1D;;;;;;;;;. The van der Waals surface area contributed by atoms with Gasteiger partial charge >= 0.3 is 53.9 Å². The van der Waals surface area contributed by atoms with Crippen molar-refractivity contribution in [1.82, 2.24) is 50.5 Å². The molecule has 0 aliphatic carbocycles. The number of carbonyl (C=O) groups excluding carboxylic acids is 8. The number of ketones is 4. The van der Waals surface area contributed by atoms with E-state index in [0.717, 1.165) is 37.8 Å². The summed E-state index contributed by atoms with van der Waals surface area (Å²) in [5.41, 5.74) is 0.772. The van der Waals surface area contributed by atoms with Gasteiger partial charge in [-0.1, -0.05) is 62.7 Å². The monoisotopic (exact) mass is 2030 g/mol. The number of aliphatic hydroxyl groups is 2. The Bertz CT molecular complexity index is 5030. The quantitative estimate of drug-likeness (QED) is 0.00588. The number of benzene rings is 4. The average molecular weight is 2020 g/mol. The average Bonchev–Trinajstić information content (AvgIpc) is 1.61. The van der Waals surface area contributed by atoms with Gasteiger partial charge in [-0.25, -0.2) is 55.7 Å². The molecule has 4 heterocycles. The van der Waals surface area contributed by atoms with Gasteiger partial charge in [-0.2, -0.15) is 26.3 Å². The molecule has 2 unspecified atom stereocenters. The molecule has 4 aromatic carbocycles. The van der Waals surface area contributed by atoms with E-state index >= 15 is 0 Å². The van der Waals surface area contributed by atoms with Crippen LogP contribution in [0, 0.1) is 23.3 Å². The molecule has 0 spiro atoms. The van der Waals surface area contributed by atoms with E-state index in [1.165, 1.54) is 112 Å². The molecule has 2 atom stereocenters. The Morgan fingerprint density at radius 3 is 1.14 bits per heavy atom. The molecular formula is C79H126B29Cl2F5N10NaO19-6. The van der Waals surface area contributed by atoms with Gasteiger partial charge in [0.05, 0.1) is 57.8 Å². The number of alkyl carbamates (subject to hydrolysis) is 4. The summed E-state index contributed by atoms with van der Waals surface area (Å²) in [6, 6.07) is 21.6. The Labute approximate surface area is 916 Å². The van der Waals surface area contributed by atoms with Crippen molar-refractivity contribution in [2.45, 2.75) is 167 Å². The second-order valence-corrected chi connectivity index (χ2v) is 32.0. The number of imidazole rings is 2. The van der Waals surface area contributed by atoms with E-state index in [-0.39, 0.29) is 171 Å². The second kappa shape index (κ2) is 79.9. The third-order valence-corrected chi connectivity index (χ3v) is 14.7. The van der Waals surface area contributed by atoms with E-state index in [0.29, 0.717) is 114 Å². The Morgan fingerprint density at radius 1 is 0.510 bits per heavy atom. The number of ether oxygens (including phenoxy) is 8. The normalized spacial score (nSPS) is 10.4. The van der Waals surface area contributed by atoms with E-state index in [1.807, 2.05) is 27.8 Å². The number of aromatic hydroxyl groups is 1. The van der Waals surface area contributed by atoms with Gasteiger partial charge in [0.15, 0.2) is 34.4 Å². The number of hydrogen-bond donors (Lipinski definition) is 7. The molecule has 8 aromatic rings. The van der Waals surface area contributed by atoms with Crippen molar-refractivity contribution in [2.24, 2.45) is 0 Å². The van der Waals surface area contributed by atoms with Crippen LogP contribution >= 0.6 is 23.2 Å². The van der Waals surface area contributed by atoms with Crippen molar-refractivity contribution in [2.75, 3.05) is 66.1 Å². The van der Waals surface area contributed by atoms with Gasteiger partial charge in [-0.3, -0.25) is 30.0 Å². The molecule has 29 nitrogen and oxygen atoms in total. The molecule has 749 valence electrons. The summed E-state index contributed by atoms with van der Waals surface area (Å²) >= 11 is 11.0. The zero-order chi connectivity index (χ0) is 111. The zero-order valence-corrected chi connectivity index (χ0v) is 84.9. The van der Waals surface area contributed by atoms with Crippen molar-refractivity contribution in [3.8, 4) is 28.9 Å². The second-order valence-electron chi connectivity index (χ2n) is 31.3. The van der Waals surface area contributed by atoms with Gasteiger partial charge in [0.2, 0.25) is 5.88 Å². The number of nitrogens with one attached hydrogen (secondary N) is 4. The number of Topliss-reactive ketones (excluding diaryl/α,β-unsaturated/α-hetero) is 4. The fourth-order valence-electron chi connectivity index (χ4n) is 8.61. The number of nitrogens with zero attached hydrogens (tertiary/aromatic N) is 6. The van der Waals surface area contributed by atoms with E-state index < -0.39 is 95.8 Å². The predicted molar refractivity (Wildman–Crippen MR) is 617 cm³/mol. The molecule has 27 radical (unpaired) electrons. The van der Waals surface area contributed by atoms with Crippen LogP contribution in [0.4, 0.5) is 41.1 Å². The summed E-state index contributed by atoms with van der Waals surface area (Å²) in [5, 5.41) is 44.4. The molecule has 145 heavy (non-hydrogen) atoms. The van der Waals surface area contributed by atoms with Crippen LogP contribution in [0.5, 0.6) is 28.9 Å². The van der Waals surface area contributed by atoms with Crippen LogP contribution in [0.15, 0.2) is 109 Å². The Morgan fingerprint density at radius 2 is 0.841 bits per heavy atom. The summed E-state index contributed by atoms with van der Waals surface area (Å²) in [6.07, 6.45) is 0.544. The topological polar surface area (TPSA) is 380 Å². The van der Waals surface area contributed by atoms with Crippen LogP contribution in [-0.2, 0) is 18.9 Å². The van der Waals surface area contributed by atoms with Crippen molar-refractivity contribution >= 4 is 294 Å². The molecule has 0 saturated heterocycles. The van der Waals surface area contributed by atoms with Crippen LogP contribution < -0.4 is 69.8 Å². The molecule has 0 saturated carbocycles. The van der Waals surface area contributed by atoms with Gasteiger partial charge in [-0.15, -0.1) is 38.6 Å². The number of aliphatic hydroxyl groups excluding tert-OH is 2. The van der Waals surface area contributed by atoms with Crippen LogP contribution in [-0.4, -0.2) is 392 Å². The number of fused-ring (bicyclic) bond motifs is 2. The number of amides is 4. The van der Waals surface area contributed by atoms with Gasteiger partial charge in [0.25, 0.3) is 0 Å². The van der Waals surface area contributed by atoms with Gasteiger partial charge in [0.1, 0.15) is 111 Å². The first kappa shape index (κ1) is 148. The van der Waals surface area contributed by atoms with Crippen molar-refractivity contribution in [3.05, 3.63) is 172 Å². The van der Waals surface area contributed by atoms with E-state index in [4.69, 9.17) is 150 Å². The van der Waals surface area contributed by atoms with Crippen molar-refractivity contribution < 1.29 is 146 Å². The maximum absolute atomic E-state index is 14.0. The number of hydrogen-bond acceptors (Lipinski definition) is 23. The van der Waals surface area contributed by atoms with Gasteiger partial charge < -0.3 is 75.9 Å². The fourth-order valence-corrected chi connectivity index (χ4v) is 8.84. The molecular weight excluding hydrogens is 1900 g/mol. The van der Waals surface area contributed by atoms with E-state index in [1.54, 1.807) is 93.5 Å². The van der Waals surface area contributed by atoms with E-state index in [2.05, 4.69) is 55.6 Å². The molecule has 4 amide bonds. The third kappa shape index (κ3) is 71.3. The summed E-state index contributed by atoms with van der Waals surface area (Å²) in [4.78, 5) is 98.4. The molecule has 0 bridgehead atoms. The van der Waals surface area contributed by atoms with Crippen LogP contribution in [0.25, 0.3) is 11.3 Å². The first-order valence-corrected chi connectivity index (χ1v) is 41.7. The number of alkyl halides is 2. The van der Waals surface area contributed by atoms with Crippen LogP contribution in [0.2, 0.25) is 5.15 Å². The maximum atomic E-state index is 14.0. The van der Waals surface area contributed by atoms with Crippen LogP contribution in [0.3, 0.4) is 0 Å². The van der Waals surface area contributed by atoms with Crippen molar-refractivity contribution in [3.63, 3.8) is 0 Å². The predicted octanol–water partition coefficient (Wildman–Crippen LogP) is -3.02. The Kier molecular flexibility index (Phi) is 81.4. The molecule has 66 heteroatoms. The minimum absolute atomic E-state index is 0. The number of halogens is 7. The molecule has 8 rings (SSSR count). The van der Waals surface area contributed by atoms with Gasteiger partial charge in [0, 0.05) is 110 Å². The first-order chi connectivity index (χ1) is 66.3. The molecule has 7 N–H and O–H groups in total. The smallest absolute Gasteiger partial charge is 1.00 e. The number of phenols is 1. The van der Waals surface area contributed by atoms with E-state index in [9.17, 15) is 65.4 Å². The number of aromatic nitrogens is 6. The zero-order valence-electron chi connectivity index (χ0n) is 83.4. The molecule has 0 aliphatic rings. The number of carbonyl (C=O) groups is 8. The number of phenolic OH excluding ortho intramolecular Hbond substituents is 1. The molecule has 0 fully saturated rings. The summed E-state index contributed by atoms with van der Waals surface area (Å²) in [7, 11) is 63.6. The van der Waals surface area contributed by atoms with Gasteiger partial charge in [-0.05, 0) is 261 Å². The maximum Gasteiger partial charge on any atom is 1.00 e. The van der Waals surface area contributed by atoms with Crippen molar-refractivity contribution in [1.29, 1.82) is 0 Å². The summed E-state index contributed by atoms with van der Waals surface area (Å²) < 4.78 is 114. The Balaban J connectivity index is -0.000000253. The SMILES string of the molecule is C.CC(=O)c1cc(F)ccc1O.CC(=O)c1cc(F)ccc1OCCNC(=O)OC(C)(C)C.CC(=O)c1cnc2ccc(Cl)nn12.CC(=O)c1cnc2ccc(OC(C)c3cc(F)ccc3OCCNC(=O)OC(C)(C)C)nn12.CC(C)(C)OC(=O)NCCCl.CC(O)c1cc(F)ccc1OCCNC(=O)OC(C)(C)C.CO.[2H]CF.[B].[B]B([BH3-])B([B])[B][BH3-].[B]B([B])B([B])[B][BH3-].[B]B([B][BH3-])B([BH3-])[BH3-].[B][B]B([B])B([B])[B].[H-].[Na+]. The Hall–Kier alpha value is -8.09. The molecule has 4 aromatic heterocycles. The minimum Gasteiger partial charge on any atom is -1.00 e. The number of rotatable bonds is 30.